The van der Waals surface area contributed by atoms with E-state index in [4.69, 9.17) is 0 Å². The Morgan fingerprint density at radius 2 is 1.54 bits per heavy atom. The zero-order chi connectivity index (χ0) is 37.9. The Hall–Kier alpha value is -2.53. The van der Waals surface area contributed by atoms with E-state index in [0.717, 1.165) is 70.1 Å². The molecule has 0 unspecified atom stereocenters. The van der Waals surface area contributed by atoms with Crippen molar-refractivity contribution in [1.29, 1.82) is 0 Å². The Morgan fingerprint density at radius 1 is 0.827 bits per heavy atom. The van der Waals surface area contributed by atoms with Crippen molar-refractivity contribution in [1.82, 2.24) is 4.90 Å². The first-order valence-electron chi connectivity index (χ1n) is 20.9. The fraction of sp³-hybridized carbons (Fsp3) is 0.723. The minimum atomic E-state index is -0.875. The molecule has 6 rings (SSSR count). The zero-order valence-corrected chi connectivity index (χ0v) is 33.9. The molecule has 0 aliphatic heterocycles. The average molecular weight is 712 g/mol. The number of unbranched alkanes of at least 4 members (excludes halogenated alkanes) is 1. The van der Waals surface area contributed by atoms with Gasteiger partial charge in [0.2, 0.25) is 0 Å². The number of allylic oxidation sites excluding steroid dienone is 3. The van der Waals surface area contributed by atoms with Gasteiger partial charge in [-0.2, -0.15) is 0 Å². The SMILES string of the molecule is C=C(C)[C@@H]1CC[C@]2(C(=O)CCCCN(CC)CCC(C)=O)CC[C@]3(C)[C@H](CC[C@@H]4[C@@]5(C)CC=C(c6ccc(C(=O)O)cc6)C(C)(C)[C@@H]5CC[C@]43C)[C@@H]12. The van der Waals surface area contributed by atoms with Crippen LogP contribution in [0.3, 0.4) is 0 Å². The first-order valence-corrected chi connectivity index (χ1v) is 20.9. The number of hydrogen-bond acceptors (Lipinski definition) is 4. The number of carbonyl (C=O) groups is 3. The van der Waals surface area contributed by atoms with E-state index >= 15 is 0 Å². The van der Waals surface area contributed by atoms with Gasteiger partial charge in [-0.15, -0.1) is 0 Å². The molecule has 4 fully saturated rings. The maximum atomic E-state index is 14.6. The predicted octanol–water partition coefficient (Wildman–Crippen LogP) is 11.1. The average Bonchev–Trinajstić information content (AvgIpc) is 3.49. The molecule has 4 saturated carbocycles. The summed E-state index contributed by atoms with van der Waals surface area (Å²) in [4.78, 5) is 40.1. The van der Waals surface area contributed by atoms with E-state index < -0.39 is 5.97 Å². The second-order valence-electron chi connectivity index (χ2n) is 19.5. The second-order valence-corrected chi connectivity index (χ2v) is 19.5. The summed E-state index contributed by atoms with van der Waals surface area (Å²) in [6.45, 7) is 26.2. The van der Waals surface area contributed by atoms with Crippen LogP contribution in [0, 0.1) is 56.7 Å². The maximum absolute atomic E-state index is 14.6. The number of benzene rings is 1. The minimum absolute atomic E-state index is 0.0109. The van der Waals surface area contributed by atoms with Crippen molar-refractivity contribution in [3.63, 3.8) is 0 Å². The van der Waals surface area contributed by atoms with Crippen LogP contribution in [0.5, 0.6) is 0 Å². The summed E-state index contributed by atoms with van der Waals surface area (Å²) < 4.78 is 0. The van der Waals surface area contributed by atoms with E-state index in [2.05, 4.69) is 66.0 Å². The van der Waals surface area contributed by atoms with Crippen LogP contribution in [0.2, 0.25) is 0 Å². The summed E-state index contributed by atoms with van der Waals surface area (Å²) in [5.74, 6) is 2.50. The smallest absolute Gasteiger partial charge is 0.335 e. The molecule has 1 aromatic carbocycles. The van der Waals surface area contributed by atoms with E-state index in [0.29, 0.717) is 53.8 Å². The number of carbonyl (C=O) groups excluding carboxylic acids is 2. The molecule has 0 bridgehead atoms. The Morgan fingerprint density at radius 3 is 2.17 bits per heavy atom. The van der Waals surface area contributed by atoms with Gasteiger partial charge in [0, 0.05) is 24.8 Å². The summed E-state index contributed by atoms with van der Waals surface area (Å²) >= 11 is 0. The van der Waals surface area contributed by atoms with Gasteiger partial charge in [-0.05, 0) is 172 Å². The molecule has 1 aromatic rings. The van der Waals surface area contributed by atoms with Crippen LogP contribution >= 0.6 is 0 Å². The van der Waals surface area contributed by atoms with E-state index in [1.165, 1.54) is 36.8 Å². The van der Waals surface area contributed by atoms with Crippen molar-refractivity contribution >= 4 is 23.1 Å². The lowest BCUT2D eigenvalue weighted by Crippen LogP contribution is -2.65. The fourth-order valence-electron chi connectivity index (χ4n) is 14.1. The molecule has 0 spiro atoms. The zero-order valence-electron chi connectivity index (χ0n) is 33.9. The molecule has 0 radical (unpaired) electrons. The van der Waals surface area contributed by atoms with Crippen molar-refractivity contribution in [3.8, 4) is 0 Å². The monoisotopic (exact) mass is 712 g/mol. The first kappa shape index (κ1) is 39.2. The molecule has 5 nitrogen and oxygen atoms in total. The van der Waals surface area contributed by atoms with Crippen LogP contribution in [0.4, 0.5) is 0 Å². The molecule has 52 heavy (non-hydrogen) atoms. The highest BCUT2D eigenvalue weighted by Crippen LogP contribution is 2.78. The molecular formula is C47H69NO4. The Balaban J connectivity index is 1.24. The van der Waals surface area contributed by atoms with Gasteiger partial charge < -0.3 is 10.0 Å². The number of carboxylic acids is 1. The van der Waals surface area contributed by atoms with Crippen LogP contribution in [-0.2, 0) is 9.59 Å². The lowest BCUT2D eigenvalue weighted by molar-refractivity contribution is -0.224. The number of rotatable bonds is 13. The van der Waals surface area contributed by atoms with Gasteiger partial charge in [-0.25, -0.2) is 4.79 Å². The summed E-state index contributed by atoms with van der Waals surface area (Å²) in [5.41, 5.74) is 4.57. The van der Waals surface area contributed by atoms with Gasteiger partial charge >= 0.3 is 5.97 Å². The molecule has 286 valence electrons. The normalized spacial score (nSPS) is 37.6. The maximum Gasteiger partial charge on any atom is 0.335 e. The third-order valence-corrected chi connectivity index (χ3v) is 17.0. The van der Waals surface area contributed by atoms with Crippen LogP contribution in [0.15, 0.2) is 42.5 Å². The lowest BCUT2D eigenvalue weighted by atomic mass is 9.32. The standard InChI is InChI=1S/C47H69NO4/c1-10-48(30-23-32(4)49)29-12-11-13-40(50)47-26-20-35(31(2)3)41(47)37-18-19-39-44(7)24-21-36(33-14-16-34(17-15-33)42(51)52)43(5,6)38(44)22-25-46(39,9)45(37,8)27-28-47/h14-17,21,35,37-39,41H,2,10-13,18-20,22-30H2,1,3-9H3,(H,51,52)/t35-,37+,38-,39+,41+,44-,45+,46+,47+/m0/s1. The molecule has 5 aliphatic carbocycles. The molecule has 1 N–H and O–H groups in total. The second kappa shape index (κ2) is 14.3. The number of hydrogen-bond donors (Lipinski definition) is 1. The molecule has 5 heteroatoms. The van der Waals surface area contributed by atoms with Crippen LogP contribution in [-0.4, -0.2) is 47.2 Å². The van der Waals surface area contributed by atoms with Gasteiger partial charge in [-0.3, -0.25) is 9.59 Å². The number of carboxylic acid groups (broad SMARTS) is 1. The van der Waals surface area contributed by atoms with Crippen molar-refractivity contribution < 1.29 is 19.5 Å². The molecule has 9 atom stereocenters. The lowest BCUT2D eigenvalue weighted by Gasteiger charge is -2.72. The highest BCUT2D eigenvalue weighted by atomic mass is 16.4. The topological polar surface area (TPSA) is 74.7 Å². The quantitative estimate of drug-likeness (QED) is 0.163. The number of ketones is 2. The number of fused-ring (bicyclic) bond motifs is 7. The minimum Gasteiger partial charge on any atom is -0.478 e. The molecule has 0 aromatic heterocycles. The Bertz CT molecular complexity index is 1590. The highest BCUT2D eigenvalue weighted by Gasteiger charge is 2.71. The van der Waals surface area contributed by atoms with Crippen molar-refractivity contribution in [2.24, 2.45) is 56.7 Å². The molecule has 0 saturated heterocycles. The number of nitrogens with zero attached hydrogens (tertiary/aromatic N) is 1. The Kier molecular flexibility index (Phi) is 10.8. The molecule has 0 amide bonds. The third kappa shape index (κ3) is 6.21. The third-order valence-electron chi connectivity index (χ3n) is 17.0. The van der Waals surface area contributed by atoms with Crippen LogP contribution in [0.1, 0.15) is 155 Å². The summed E-state index contributed by atoms with van der Waals surface area (Å²) in [7, 11) is 0. The van der Waals surface area contributed by atoms with E-state index in [9.17, 15) is 19.5 Å². The predicted molar refractivity (Wildman–Crippen MR) is 212 cm³/mol. The van der Waals surface area contributed by atoms with Crippen LogP contribution < -0.4 is 0 Å². The van der Waals surface area contributed by atoms with Crippen LogP contribution in [0.25, 0.3) is 5.57 Å². The van der Waals surface area contributed by atoms with E-state index in [-0.39, 0.29) is 32.9 Å². The largest absolute Gasteiger partial charge is 0.478 e. The fourth-order valence-corrected chi connectivity index (χ4v) is 14.1. The van der Waals surface area contributed by atoms with Gasteiger partial charge in [0.1, 0.15) is 11.6 Å². The molecule has 0 heterocycles. The van der Waals surface area contributed by atoms with Crippen molar-refractivity contribution in [3.05, 3.63) is 53.6 Å². The van der Waals surface area contributed by atoms with Gasteiger partial charge in [-0.1, -0.05) is 71.9 Å². The van der Waals surface area contributed by atoms with Crippen molar-refractivity contribution in [2.45, 2.75) is 139 Å². The van der Waals surface area contributed by atoms with E-state index in [1.807, 2.05) is 12.1 Å². The molecular weight excluding hydrogens is 643 g/mol. The summed E-state index contributed by atoms with van der Waals surface area (Å²) in [6, 6.07) is 7.56. The number of aromatic carboxylic acids is 1. The first-order chi connectivity index (χ1) is 24.5. The van der Waals surface area contributed by atoms with E-state index in [1.54, 1.807) is 19.1 Å². The van der Waals surface area contributed by atoms with Gasteiger partial charge in [0.25, 0.3) is 0 Å². The number of Topliss-reactive ketones (excluding diaryl/α,β-unsaturated/α-hetero) is 2. The highest BCUT2D eigenvalue weighted by molar-refractivity contribution is 5.88. The molecule has 5 aliphatic rings. The van der Waals surface area contributed by atoms with Gasteiger partial charge in [0.05, 0.1) is 5.56 Å². The van der Waals surface area contributed by atoms with Crippen molar-refractivity contribution in [2.75, 3.05) is 19.6 Å². The summed E-state index contributed by atoms with van der Waals surface area (Å²) in [6.07, 6.45) is 16.1. The van der Waals surface area contributed by atoms with Gasteiger partial charge in [0.15, 0.2) is 0 Å². The summed E-state index contributed by atoms with van der Waals surface area (Å²) in [5, 5.41) is 9.50. The Labute approximate surface area is 315 Å².